The van der Waals surface area contributed by atoms with Crippen LogP contribution in [0.25, 0.3) is 11.3 Å². The molecule has 13 nitrogen and oxygen atoms in total. The molecule has 3 amide bonds. The Labute approximate surface area is 368 Å². The highest BCUT2D eigenvalue weighted by molar-refractivity contribution is 7.10. The van der Waals surface area contributed by atoms with Gasteiger partial charge in [-0.15, -0.1) is 11.3 Å². The van der Waals surface area contributed by atoms with E-state index in [1.165, 1.54) is 93.2 Å². The highest BCUT2D eigenvalue weighted by Gasteiger charge is 2.40. The first-order valence-electron chi connectivity index (χ1n) is 22.5. The van der Waals surface area contributed by atoms with Crippen LogP contribution in [-0.4, -0.2) is 73.6 Å². The zero-order chi connectivity index (χ0) is 42.1. The number of nitrogens with one attached hydrogen (secondary N) is 4. The predicted octanol–water partition coefficient (Wildman–Crippen LogP) is 7.72. The molecule has 3 aromatic heterocycles. The molecule has 61 heavy (non-hydrogen) atoms. The molecule has 4 N–H and O–H groups in total. The Morgan fingerprint density at radius 2 is 1.62 bits per heavy atom. The first kappa shape index (κ1) is 43.3. The lowest BCUT2D eigenvalue weighted by molar-refractivity contribution is -0.136. The van der Waals surface area contributed by atoms with Gasteiger partial charge in [0, 0.05) is 65.7 Å². The maximum Gasteiger partial charge on any atom is 0.256 e. The van der Waals surface area contributed by atoms with Crippen LogP contribution in [0.4, 0.5) is 5.95 Å². The van der Waals surface area contributed by atoms with Crippen molar-refractivity contribution in [1.82, 2.24) is 40.6 Å². The van der Waals surface area contributed by atoms with Gasteiger partial charge in [-0.25, -0.2) is 9.97 Å². The first-order chi connectivity index (χ1) is 29.8. The quantitative estimate of drug-likeness (QED) is 0.0456. The van der Waals surface area contributed by atoms with Crippen LogP contribution >= 0.6 is 22.9 Å². The van der Waals surface area contributed by atoms with Crippen LogP contribution in [0.1, 0.15) is 128 Å². The van der Waals surface area contributed by atoms with Gasteiger partial charge >= 0.3 is 0 Å². The van der Waals surface area contributed by atoms with Crippen LogP contribution in [0.15, 0.2) is 42.0 Å². The minimum absolute atomic E-state index is 0.150. The summed E-state index contributed by atoms with van der Waals surface area (Å²) in [4.78, 5) is 48.9. The fourth-order valence-corrected chi connectivity index (χ4v) is 10.1. The van der Waals surface area contributed by atoms with E-state index in [1.807, 2.05) is 35.4 Å². The number of thiophene rings is 1. The molecule has 4 aliphatic rings. The summed E-state index contributed by atoms with van der Waals surface area (Å²) >= 11 is 8.10. The molecule has 1 saturated heterocycles. The minimum atomic E-state index is -0.605. The number of carbonyl (C=O) groups excluding carboxylic acids is 3. The average Bonchev–Trinajstić information content (AvgIpc) is 3.77. The number of unbranched alkanes of at least 4 members (excludes halogenated alkanes) is 6. The summed E-state index contributed by atoms with van der Waals surface area (Å²) in [6.45, 7) is 3.67. The van der Waals surface area contributed by atoms with Gasteiger partial charge in [-0.3, -0.25) is 24.4 Å². The van der Waals surface area contributed by atoms with Gasteiger partial charge in [0.25, 0.3) is 5.91 Å². The van der Waals surface area contributed by atoms with E-state index >= 15 is 0 Å². The van der Waals surface area contributed by atoms with E-state index in [0.29, 0.717) is 48.2 Å². The highest BCUT2D eigenvalue weighted by atomic mass is 35.5. The number of piperidine rings is 1. The summed E-state index contributed by atoms with van der Waals surface area (Å²) in [7, 11) is 2.00. The molecule has 0 bridgehead atoms. The smallest absolute Gasteiger partial charge is 0.256 e. The minimum Gasteiger partial charge on any atom is -0.488 e. The molecule has 5 heterocycles. The Morgan fingerprint density at radius 1 is 0.885 bits per heavy atom. The number of fused-ring (bicyclic) bond motifs is 1. The molecule has 15 heteroatoms. The number of rotatable bonds is 22. The summed E-state index contributed by atoms with van der Waals surface area (Å²) in [6.07, 6.45) is 21.2. The van der Waals surface area contributed by atoms with Gasteiger partial charge in [-0.2, -0.15) is 5.10 Å². The number of anilines is 1. The van der Waals surface area contributed by atoms with E-state index in [0.717, 1.165) is 72.3 Å². The molecule has 4 aromatic rings. The van der Waals surface area contributed by atoms with Gasteiger partial charge in [-0.05, 0) is 101 Å². The lowest BCUT2D eigenvalue weighted by Crippen LogP contribution is -2.52. The molecule has 2 aliphatic carbocycles. The SMILES string of the molecule is Cn1ncc(-c2nc(NC3CCC(NCCCCCCCCCNCc4ccc(OCc5scc6c5CN([C@H]5CCC(=O)NC5=O)C6=O)cc4)CC3)ncc2Cl)c1CC1CC1. The summed E-state index contributed by atoms with van der Waals surface area (Å²) in [6, 6.07) is 8.53. The lowest BCUT2D eigenvalue weighted by atomic mass is 9.91. The van der Waals surface area contributed by atoms with E-state index in [1.54, 1.807) is 11.1 Å². The predicted molar refractivity (Wildman–Crippen MR) is 239 cm³/mol. The molecular weight excluding hydrogens is 810 g/mol. The second-order valence-corrected chi connectivity index (χ2v) is 18.7. The van der Waals surface area contributed by atoms with E-state index in [4.69, 9.17) is 21.3 Å². The molecule has 1 atom stereocenters. The Morgan fingerprint density at radius 3 is 2.38 bits per heavy atom. The number of ether oxygens (including phenoxy) is 1. The molecule has 0 unspecified atom stereocenters. The first-order valence-corrected chi connectivity index (χ1v) is 23.7. The fourth-order valence-electron chi connectivity index (χ4n) is 8.92. The van der Waals surface area contributed by atoms with Crippen LogP contribution in [0.2, 0.25) is 5.02 Å². The second-order valence-electron chi connectivity index (χ2n) is 17.3. The Kier molecular flexibility index (Phi) is 14.7. The van der Waals surface area contributed by atoms with Gasteiger partial charge in [0.1, 0.15) is 18.4 Å². The number of aromatic nitrogens is 4. The van der Waals surface area contributed by atoms with Gasteiger partial charge in [-0.1, -0.05) is 55.8 Å². The third kappa shape index (κ3) is 11.4. The van der Waals surface area contributed by atoms with Crippen LogP contribution in [0.3, 0.4) is 0 Å². The van der Waals surface area contributed by atoms with Crippen molar-refractivity contribution in [2.24, 2.45) is 13.0 Å². The van der Waals surface area contributed by atoms with Crippen molar-refractivity contribution in [1.29, 1.82) is 0 Å². The van der Waals surface area contributed by atoms with Crippen molar-refractivity contribution < 1.29 is 19.1 Å². The van der Waals surface area contributed by atoms with Crippen molar-refractivity contribution in [2.75, 3.05) is 18.4 Å². The Balaban J connectivity index is 0.630. The van der Waals surface area contributed by atoms with E-state index in [2.05, 4.69) is 43.5 Å². The van der Waals surface area contributed by atoms with E-state index < -0.39 is 11.9 Å². The molecule has 0 radical (unpaired) electrons. The van der Waals surface area contributed by atoms with Crippen molar-refractivity contribution in [3.63, 3.8) is 0 Å². The number of imide groups is 1. The van der Waals surface area contributed by atoms with E-state index in [9.17, 15) is 14.4 Å². The number of benzene rings is 1. The van der Waals surface area contributed by atoms with Crippen molar-refractivity contribution in [3.8, 4) is 17.0 Å². The maximum atomic E-state index is 13.0. The number of hydrogen-bond donors (Lipinski definition) is 4. The number of halogens is 1. The number of amides is 3. The molecular formula is C46H60ClN9O4S. The van der Waals surface area contributed by atoms with Crippen molar-refractivity contribution in [2.45, 2.75) is 141 Å². The molecule has 0 spiro atoms. The summed E-state index contributed by atoms with van der Waals surface area (Å²) in [5.41, 5.74) is 5.78. The number of hydrogen-bond acceptors (Lipinski definition) is 11. The van der Waals surface area contributed by atoms with Crippen LogP contribution in [0, 0.1) is 5.92 Å². The molecule has 1 aromatic carbocycles. The lowest BCUT2D eigenvalue weighted by Gasteiger charge is -2.30. The monoisotopic (exact) mass is 869 g/mol. The summed E-state index contributed by atoms with van der Waals surface area (Å²) < 4.78 is 8.05. The van der Waals surface area contributed by atoms with E-state index in [-0.39, 0.29) is 18.2 Å². The maximum absolute atomic E-state index is 13.0. The molecule has 2 aliphatic heterocycles. The third-order valence-electron chi connectivity index (χ3n) is 12.8. The third-order valence-corrected chi connectivity index (χ3v) is 14.1. The highest BCUT2D eigenvalue weighted by Crippen LogP contribution is 2.38. The molecule has 326 valence electrons. The molecule has 8 rings (SSSR count). The van der Waals surface area contributed by atoms with Crippen molar-refractivity contribution >= 4 is 46.6 Å². The zero-order valence-corrected chi connectivity index (χ0v) is 36.9. The zero-order valence-electron chi connectivity index (χ0n) is 35.4. The van der Waals surface area contributed by atoms with Crippen LogP contribution in [0.5, 0.6) is 5.75 Å². The standard InChI is InChI=1S/C46H60ClN9O4S/c1-55-40(23-30-9-10-30)35(25-51-55)43-38(47)26-50-46(54-43)52-33-15-13-32(14-16-33)49-22-8-6-4-2-3-5-7-21-48-24-31-11-17-34(18-12-31)60-28-41-36-27-56(45(59)37(36)29-61-41)39-19-20-42(57)53-44(39)58/h11-12,17-18,25-26,29-30,32-33,39,48-49H,2-10,13-16,19-24,27-28H2,1H3,(H,50,52,54)(H,53,57,58)/t32?,33?,39-/m0/s1. The number of nitrogens with zero attached hydrogens (tertiary/aromatic N) is 5. The molecule has 3 fully saturated rings. The average molecular weight is 871 g/mol. The largest absolute Gasteiger partial charge is 0.488 e. The van der Waals surface area contributed by atoms with Gasteiger partial charge in [0.2, 0.25) is 17.8 Å². The Bertz CT molecular complexity index is 2130. The van der Waals surface area contributed by atoms with Crippen LogP contribution < -0.4 is 26.0 Å². The summed E-state index contributed by atoms with van der Waals surface area (Å²) in [5.74, 6) is 1.37. The topological polar surface area (TPSA) is 155 Å². The number of aryl methyl sites for hydroxylation is 1. The van der Waals surface area contributed by atoms with Crippen LogP contribution in [-0.2, 0) is 42.8 Å². The fraction of sp³-hybridized carbons (Fsp3) is 0.565. The number of carbonyl (C=O) groups is 3. The molecule has 2 saturated carbocycles. The van der Waals surface area contributed by atoms with Crippen molar-refractivity contribution in [3.05, 3.63) is 74.3 Å². The van der Waals surface area contributed by atoms with Gasteiger partial charge < -0.3 is 25.6 Å². The second kappa shape index (κ2) is 20.7. The summed E-state index contributed by atoms with van der Waals surface area (Å²) in [5, 5.41) is 20.3. The Hall–Kier alpha value is -4.37. The van der Waals surface area contributed by atoms with Gasteiger partial charge in [0.05, 0.1) is 28.7 Å². The van der Waals surface area contributed by atoms with Gasteiger partial charge in [0.15, 0.2) is 0 Å². The normalized spacial score (nSPS) is 20.3.